The monoisotopic (exact) mass is 290 g/mol. The van der Waals surface area contributed by atoms with Crippen LogP contribution in [0.3, 0.4) is 0 Å². The number of halogens is 1. The van der Waals surface area contributed by atoms with Gasteiger partial charge in [0.25, 0.3) is 0 Å². The van der Waals surface area contributed by atoms with Crippen LogP contribution in [0, 0.1) is 5.41 Å². The van der Waals surface area contributed by atoms with Gasteiger partial charge in [-0.1, -0.05) is 29.8 Å². The lowest BCUT2D eigenvalue weighted by atomic mass is 9.87. The van der Waals surface area contributed by atoms with Crippen LogP contribution < -0.4 is 0 Å². The van der Waals surface area contributed by atoms with Gasteiger partial charge in [0.1, 0.15) is 0 Å². The largest absolute Gasteiger partial charge is 0.275 e. The van der Waals surface area contributed by atoms with E-state index in [0.29, 0.717) is 5.41 Å². The molecule has 0 radical (unpaired) electrons. The predicted octanol–water partition coefficient (Wildman–Crippen LogP) is 3.71. The first-order valence-corrected chi connectivity index (χ1v) is 7.44. The van der Waals surface area contributed by atoms with Crippen LogP contribution in [-0.2, 0) is 7.05 Å². The number of thioether (sulfide) groups is 1. The molecule has 0 unspecified atom stereocenters. The summed E-state index contributed by atoms with van der Waals surface area (Å²) < 4.78 is 1.86. The highest BCUT2D eigenvalue weighted by Crippen LogP contribution is 2.35. The van der Waals surface area contributed by atoms with E-state index in [2.05, 4.69) is 41.1 Å². The van der Waals surface area contributed by atoms with E-state index in [0.717, 1.165) is 11.1 Å². The fourth-order valence-electron chi connectivity index (χ4n) is 1.39. The summed E-state index contributed by atoms with van der Waals surface area (Å²) in [6.45, 7) is 4.54. The van der Waals surface area contributed by atoms with E-state index in [4.69, 9.17) is 0 Å². The zero-order valence-corrected chi connectivity index (χ0v) is 12.1. The first-order chi connectivity index (χ1) is 7.15. The number of nitrogens with zero attached hydrogens (tertiary/aromatic N) is 2. The Morgan fingerprint density at radius 3 is 2.53 bits per heavy atom. The maximum Gasteiger partial charge on any atom is 0.0625 e. The second kappa shape index (κ2) is 5.94. The molecule has 0 atom stereocenters. The standard InChI is InChI=1S/C11H19BrN2S/c1-4-11(5-2,8-12)9-15-10-6-13-14(3)7-10/h6-7H,4-5,8-9H2,1-3H3. The molecular formula is C11H19BrN2S. The molecule has 0 N–H and O–H groups in total. The van der Waals surface area contributed by atoms with Crippen molar-refractivity contribution in [2.24, 2.45) is 12.5 Å². The molecule has 2 nitrogen and oxygen atoms in total. The van der Waals surface area contributed by atoms with E-state index in [1.54, 1.807) is 0 Å². The molecule has 1 heterocycles. The highest BCUT2D eigenvalue weighted by Gasteiger charge is 2.24. The Hall–Kier alpha value is 0.0400. The van der Waals surface area contributed by atoms with Gasteiger partial charge >= 0.3 is 0 Å². The molecule has 0 bridgehead atoms. The van der Waals surface area contributed by atoms with E-state index >= 15 is 0 Å². The van der Waals surface area contributed by atoms with Crippen molar-refractivity contribution >= 4 is 27.7 Å². The normalized spacial score (nSPS) is 12.0. The Morgan fingerprint density at radius 1 is 1.47 bits per heavy atom. The Labute approximate surface area is 105 Å². The lowest BCUT2D eigenvalue weighted by molar-refractivity contribution is 0.359. The lowest BCUT2D eigenvalue weighted by Crippen LogP contribution is -2.23. The summed E-state index contributed by atoms with van der Waals surface area (Å²) in [4.78, 5) is 1.27. The maximum absolute atomic E-state index is 4.18. The van der Waals surface area contributed by atoms with E-state index in [1.807, 2.05) is 29.7 Å². The van der Waals surface area contributed by atoms with Gasteiger partial charge in [0, 0.05) is 29.2 Å². The number of alkyl halides is 1. The Kier molecular flexibility index (Phi) is 5.19. The Balaban J connectivity index is 2.54. The second-order valence-corrected chi connectivity index (χ2v) is 5.59. The Morgan fingerprint density at radius 2 is 2.13 bits per heavy atom. The molecule has 1 aromatic heterocycles. The molecule has 0 amide bonds. The summed E-state index contributed by atoms with van der Waals surface area (Å²) in [6.07, 6.45) is 6.47. The zero-order chi connectivity index (χ0) is 11.3. The molecule has 86 valence electrons. The summed E-state index contributed by atoms with van der Waals surface area (Å²) in [5, 5.41) is 5.26. The molecule has 1 aromatic rings. The summed E-state index contributed by atoms with van der Waals surface area (Å²) in [5.74, 6) is 1.16. The molecule has 0 aliphatic heterocycles. The van der Waals surface area contributed by atoms with Crippen molar-refractivity contribution in [3.05, 3.63) is 12.4 Å². The highest BCUT2D eigenvalue weighted by molar-refractivity contribution is 9.09. The van der Waals surface area contributed by atoms with Gasteiger partial charge in [-0.05, 0) is 18.3 Å². The Bertz CT molecular complexity index is 286. The second-order valence-electron chi connectivity index (χ2n) is 3.98. The molecule has 0 spiro atoms. The fourth-order valence-corrected chi connectivity index (χ4v) is 3.98. The molecule has 0 saturated carbocycles. The molecule has 0 fully saturated rings. The minimum Gasteiger partial charge on any atom is -0.275 e. The van der Waals surface area contributed by atoms with Gasteiger partial charge in [0.15, 0.2) is 0 Å². The summed E-state index contributed by atoms with van der Waals surface area (Å²) >= 11 is 5.55. The van der Waals surface area contributed by atoms with E-state index in [-0.39, 0.29) is 0 Å². The summed E-state index contributed by atoms with van der Waals surface area (Å²) in [5.41, 5.74) is 0.431. The van der Waals surface area contributed by atoms with Gasteiger partial charge in [-0.3, -0.25) is 4.68 Å². The van der Waals surface area contributed by atoms with Crippen molar-refractivity contribution in [2.75, 3.05) is 11.1 Å². The highest BCUT2D eigenvalue weighted by atomic mass is 79.9. The number of rotatable bonds is 6. The zero-order valence-electron chi connectivity index (χ0n) is 9.66. The summed E-state index contributed by atoms with van der Waals surface area (Å²) in [6, 6.07) is 0. The van der Waals surface area contributed by atoms with Crippen molar-refractivity contribution in [3.8, 4) is 0 Å². The van der Waals surface area contributed by atoms with Crippen molar-refractivity contribution in [1.29, 1.82) is 0 Å². The third-order valence-corrected chi connectivity index (χ3v) is 5.50. The van der Waals surface area contributed by atoms with Crippen LogP contribution in [0.15, 0.2) is 17.3 Å². The van der Waals surface area contributed by atoms with Gasteiger partial charge in [0.2, 0.25) is 0 Å². The first-order valence-electron chi connectivity index (χ1n) is 5.33. The molecule has 15 heavy (non-hydrogen) atoms. The predicted molar refractivity (Wildman–Crippen MR) is 70.7 cm³/mol. The van der Waals surface area contributed by atoms with E-state index in [9.17, 15) is 0 Å². The quantitative estimate of drug-likeness (QED) is 0.587. The lowest BCUT2D eigenvalue weighted by Gasteiger charge is -2.28. The van der Waals surface area contributed by atoms with E-state index in [1.165, 1.54) is 17.7 Å². The molecule has 0 aliphatic carbocycles. The van der Waals surface area contributed by atoms with Gasteiger partial charge in [-0.25, -0.2) is 0 Å². The molecule has 4 heteroatoms. The van der Waals surface area contributed by atoms with Crippen molar-refractivity contribution in [3.63, 3.8) is 0 Å². The topological polar surface area (TPSA) is 17.8 Å². The average Bonchev–Trinajstić information content (AvgIpc) is 2.67. The fraction of sp³-hybridized carbons (Fsp3) is 0.727. The van der Waals surface area contributed by atoms with Crippen molar-refractivity contribution in [1.82, 2.24) is 9.78 Å². The van der Waals surface area contributed by atoms with Crippen LogP contribution in [0.25, 0.3) is 0 Å². The van der Waals surface area contributed by atoms with Crippen LogP contribution >= 0.6 is 27.7 Å². The maximum atomic E-state index is 4.18. The first kappa shape index (κ1) is 13.1. The van der Waals surface area contributed by atoms with Gasteiger partial charge < -0.3 is 0 Å². The van der Waals surface area contributed by atoms with Crippen LogP contribution in [0.2, 0.25) is 0 Å². The molecule has 1 rings (SSSR count). The van der Waals surface area contributed by atoms with Crippen molar-refractivity contribution in [2.45, 2.75) is 31.6 Å². The third-order valence-electron chi connectivity index (χ3n) is 3.01. The number of hydrogen-bond donors (Lipinski definition) is 0. The van der Waals surface area contributed by atoms with Gasteiger partial charge in [-0.15, -0.1) is 11.8 Å². The minimum atomic E-state index is 0.431. The van der Waals surface area contributed by atoms with E-state index < -0.39 is 0 Å². The average molecular weight is 291 g/mol. The summed E-state index contributed by atoms with van der Waals surface area (Å²) in [7, 11) is 1.96. The molecule has 0 saturated heterocycles. The van der Waals surface area contributed by atoms with Crippen LogP contribution in [0.5, 0.6) is 0 Å². The van der Waals surface area contributed by atoms with Gasteiger partial charge in [0.05, 0.1) is 6.20 Å². The number of aryl methyl sites for hydroxylation is 1. The van der Waals surface area contributed by atoms with Gasteiger partial charge in [-0.2, -0.15) is 5.10 Å². The number of hydrogen-bond acceptors (Lipinski definition) is 2. The minimum absolute atomic E-state index is 0.431. The SMILES string of the molecule is CCC(CC)(CBr)CSc1cnn(C)c1. The molecule has 0 aliphatic rings. The molecular weight excluding hydrogens is 272 g/mol. The molecule has 0 aromatic carbocycles. The van der Waals surface area contributed by atoms with Crippen LogP contribution in [0.4, 0.5) is 0 Å². The number of aromatic nitrogens is 2. The van der Waals surface area contributed by atoms with Crippen LogP contribution in [-0.4, -0.2) is 20.9 Å². The smallest absolute Gasteiger partial charge is 0.0625 e. The third kappa shape index (κ3) is 3.52. The van der Waals surface area contributed by atoms with Crippen LogP contribution in [0.1, 0.15) is 26.7 Å². The van der Waals surface area contributed by atoms with Crippen molar-refractivity contribution < 1.29 is 0 Å².